The lowest BCUT2D eigenvalue weighted by atomic mass is 9.95. The van der Waals surface area contributed by atoms with Crippen molar-refractivity contribution < 1.29 is 34.2 Å². The van der Waals surface area contributed by atoms with Crippen molar-refractivity contribution in [2.24, 2.45) is 5.41 Å². The summed E-state index contributed by atoms with van der Waals surface area (Å²) >= 11 is 0. The van der Waals surface area contributed by atoms with Crippen LogP contribution >= 0.6 is 0 Å². The molecule has 2 aromatic carbocycles. The smallest absolute Gasteiger partial charge is 0.314 e. The lowest BCUT2D eigenvalue weighted by molar-refractivity contribution is -1.21. The summed E-state index contributed by atoms with van der Waals surface area (Å²) < 4.78 is 19.6. The van der Waals surface area contributed by atoms with Crippen molar-refractivity contribution in [1.29, 1.82) is 0 Å². The summed E-state index contributed by atoms with van der Waals surface area (Å²) in [6, 6.07) is 13.8. The molecule has 0 aliphatic rings. The molecule has 8 nitrogen and oxygen atoms in total. The van der Waals surface area contributed by atoms with E-state index in [0.29, 0.717) is 11.1 Å². The highest BCUT2D eigenvalue weighted by Crippen LogP contribution is 2.26. The van der Waals surface area contributed by atoms with Gasteiger partial charge in [0.25, 0.3) is 0 Å². The van der Waals surface area contributed by atoms with Crippen LogP contribution < -0.4 is 10.7 Å². The summed E-state index contributed by atoms with van der Waals surface area (Å²) in [7, 11) is 0. The molecule has 0 aliphatic heterocycles. The van der Waals surface area contributed by atoms with Crippen LogP contribution in [0.2, 0.25) is 0 Å². The van der Waals surface area contributed by atoms with Crippen molar-refractivity contribution in [2.75, 3.05) is 19.8 Å². The molecule has 0 radical (unpaired) electrons. The van der Waals surface area contributed by atoms with E-state index >= 15 is 0 Å². The molecule has 1 amide bonds. The van der Waals surface area contributed by atoms with E-state index in [2.05, 4.69) is 10.2 Å². The molecule has 2 aromatic rings. The minimum absolute atomic E-state index is 0.0648. The molecule has 0 heterocycles. The zero-order valence-corrected chi connectivity index (χ0v) is 17.7. The van der Waals surface area contributed by atoms with Crippen LogP contribution in [0.1, 0.15) is 32.3 Å². The number of amides is 1. The molecular formula is C22H27FN2O6. The van der Waals surface area contributed by atoms with Gasteiger partial charge in [-0.2, -0.15) is 10.0 Å². The predicted octanol–water partition coefficient (Wildman–Crippen LogP) is 1.99. The Bertz CT molecular complexity index is 889. The van der Waals surface area contributed by atoms with Gasteiger partial charge in [-0.25, -0.2) is 4.39 Å². The monoisotopic (exact) mass is 434 g/mol. The van der Waals surface area contributed by atoms with Gasteiger partial charge in [0.15, 0.2) is 0 Å². The molecule has 0 fully saturated rings. The molecule has 3 N–H and O–H groups in total. The second-order valence-electron chi connectivity index (χ2n) is 7.69. The summed E-state index contributed by atoms with van der Waals surface area (Å²) in [5, 5.41) is 20.1. The van der Waals surface area contributed by atoms with Crippen LogP contribution in [0.25, 0.3) is 11.1 Å². The number of carbonyl (C=O) groups is 2. The van der Waals surface area contributed by atoms with Crippen LogP contribution in [-0.2, 0) is 19.2 Å². The maximum absolute atomic E-state index is 14.5. The van der Waals surface area contributed by atoms with Gasteiger partial charge >= 0.3 is 5.97 Å². The number of carbonyl (C=O) groups excluding carboxylic acids is 2. The SMILES string of the molecule is CC(C(=O)NCCOC(=O)C(C)(C)CO[NH+]([O-])O)c1ccc(-c2ccccc2)c(F)c1. The number of hydrogen-bond donors (Lipinski definition) is 3. The standard InChI is InChI=1S/C22H27FN2O6/c1-15(17-9-10-18(19(23)13-17)16-7-5-4-6-8-16)20(26)24-11-12-30-21(27)22(2,3)14-31-25(28)29/h4-10,13,15,25,28H,11-12,14H2,1-3H3,(H,24,26). The van der Waals surface area contributed by atoms with Gasteiger partial charge in [-0.05, 0) is 38.0 Å². The van der Waals surface area contributed by atoms with Crippen molar-refractivity contribution in [3.8, 4) is 11.1 Å². The fourth-order valence-electron chi connectivity index (χ4n) is 2.77. The third-order valence-corrected chi connectivity index (χ3v) is 4.71. The number of hydrogen-bond acceptors (Lipinski definition) is 6. The van der Waals surface area contributed by atoms with Crippen LogP contribution in [0.3, 0.4) is 0 Å². The topological polar surface area (TPSA) is 112 Å². The molecule has 0 bridgehead atoms. The average molecular weight is 434 g/mol. The van der Waals surface area contributed by atoms with Crippen molar-refractivity contribution in [2.45, 2.75) is 26.7 Å². The molecule has 31 heavy (non-hydrogen) atoms. The average Bonchev–Trinajstić information content (AvgIpc) is 2.75. The molecule has 0 saturated carbocycles. The van der Waals surface area contributed by atoms with Gasteiger partial charge < -0.3 is 15.3 Å². The highest BCUT2D eigenvalue weighted by molar-refractivity contribution is 5.83. The number of nitrogens with one attached hydrogen (secondary N) is 2. The first-order valence-electron chi connectivity index (χ1n) is 9.77. The summed E-state index contributed by atoms with van der Waals surface area (Å²) in [6.45, 7) is 4.28. The van der Waals surface area contributed by atoms with E-state index in [1.165, 1.54) is 19.9 Å². The summed E-state index contributed by atoms with van der Waals surface area (Å²) in [6.07, 6.45) is 0. The van der Waals surface area contributed by atoms with E-state index in [4.69, 9.17) is 9.94 Å². The fraction of sp³-hybridized carbons (Fsp3) is 0.364. The largest absolute Gasteiger partial charge is 0.566 e. The lowest BCUT2D eigenvalue weighted by Crippen LogP contribution is -3.03. The van der Waals surface area contributed by atoms with E-state index in [1.807, 2.05) is 30.3 Å². The molecular weight excluding hydrogens is 407 g/mol. The number of ether oxygens (including phenoxy) is 1. The van der Waals surface area contributed by atoms with E-state index in [0.717, 1.165) is 5.56 Å². The molecule has 9 heteroatoms. The number of benzene rings is 2. The van der Waals surface area contributed by atoms with Crippen LogP contribution in [0, 0.1) is 16.4 Å². The number of halogens is 1. The van der Waals surface area contributed by atoms with Gasteiger partial charge in [0.05, 0.1) is 17.9 Å². The van der Waals surface area contributed by atoms with Gasteiger partial charge in [-0.15, -0.1) is 0 Å². The Balaban J connectivity index is 1.85. The summed E-state index contributed by atoms with van der Waals surface area (Å²) in [4.78, 5) is 28.8. The van der Waals surface area contributed by atoms with Crippen LogP contribution in [0.5, 0.6) is 0 Å². The van der Waals surface area contributed by atoms with E-state index in [-0.39, 0.29) is 25.7 Å². The highest BCUT2D eigenvalue weighted by atomic mass is 19.1. The van der Waals surface area contributed by atoms with E-state index in [9.17, 15) is 19.2 Å². The molecule has 0 aromatic heterocycles. The zero-order chi connectivity index (χ0) is 23.0. The second kappa shape index (κ2) is 11.0. The maximum atomic E-state index is 14.5. The highest BCUT2D eigenvalue weighted by Gasteiger charge is 2.31. The van der Waals surface area contributed by atoms with Crippen molar-refractivity contribution in [3.05, 3.63) is 65.1 Å². The van der Waals surface area contributed by atoms with Crippen molar-refractivity contribution in [3.63, 3.8) is 0 Å². The number of esters is 1. The third-order valence-electron chi connectivity index (χ3n) is 4.71. The number of rotatable bonds is 10. The Morgan fingerprint density at radius 1 is 1.23 bits per heavy atom. The van der Waals surface area contributed by atoms with E-state index < -0.39 is 28.5 Å². The van der Waals surface area contributed by atoms with Crippen LogP contribution in [0.4, 0.5) is 4.39 Å². The zero-order valence-electron chi connectivity index (χ0n) is 17.7. The Morgan fingerprint density at radius 2 is 1.90 bits per heavy atom. The van der Waals surface area contributed by atoms with Gasteiger partial charge in [0.2, 0.25) is 5.91 Å². The number of quaternary nitrogens is 1. The molecule has 2 atom stereocenters. The van der Waals surface area contributed by atoms with Gasteiger partial charge in [-0.1, -0.05) is 47.9 Å². The first kappa shape index (κ1) is 24.4. The second-order valence-corrected chi connectivity index (χ2v) is 7.69. The lowest BCUT2D eigenvalue weighted by Gasteiger charge is -2.22. The molecule has 168 valence electrons. The molecule has 0 saturated heterocycles. The normalized spacial score (nSPS) is 13.4. The third kappa shape index (κ3) is 7.11. The van der Waals surface area contributed by atoms with Crippen LogP contribution in [-0.4, -0.2) is 36.8 Å². The first-order valence-corrected chi connectivity index (χ1v) is 9.77. The summed E-state index contributed by atoms with van der Waals surface area (Å²) in [5.41, 5.74) is 0.590. The van der Waals surface area contributed by atoms with E-state index in [1.54, 1.807) is 19.1 Å². The van der Waals surface area contributed by atoms with Gasteiger partial charge in [-0.3, -0.25) is 9.59 Å². The van der Waals surface area contributed by atoms with Crippen molar-refractivity contribution >= 4 is 11.9 Å². The first-order chi connectivity index (χ1) is 14.6. The minimum atomic E-state index is -1.48. The Kier molecular flexibility index (Phi) is 8.64. The molecule has 0 aliphatic carbocycles. The molecule has 0 spiro atoms. The Labute approximate surface area is 180 Å². The summed E-state index contributed by atoms with van der Waals surface area (Å²) in [5.74, 6) is -2.00. The van der Waals surface area contributed by atoms with Crippen molar-refractivity contribution in [1.82, 2.24) is 5.32 Å². The quantitative estimate of drug-likeness (QED) is 0.300. The van der Waals surface area contributed by atoms with Gasteiger partial charge in [0.1, 0.15) is 19.0 Å². The Morgan fingerprint density at radius 3 is 2.52 bits per heavy atom. The molecule has 2 rings (SSSR count). The minimum Gasteiger partial charge on any atom is -0.566 e. The predicted molar refractivity (Wildman–Crippen MR) is 110 cm³/mol. The van der Waals surface area contributed by atoms with Gasteiger partial charge in [0, 0.05) is 5.56 Å². The molecule has 2 unspecified atom stereocenters. The van der Waals surface area contributed by atoms with Crippen LogP contribution in [0.15, 0.2) is 48.5 Å². The fourth-order valence-corrected chi connectivity index (χ4v) is 2.77. The maximum Gasteiger partial charge on any atom is 0.314 e. The Hall–Kier alpha value is -2.85.